The molecule has 1 aliphatic rings. The Morgan fingerprint density at radius 2 is 2.47 bits per heavy atom. The highest BCUT2D eigenvalue weighted by Gasteiger charge is 2.24. The van der Waals surface area contributed by atoms with Gasteiger partial charge in [-0.05, 0) is 26.3 Å². The molecule has 84 valence electrons. The van der Waals surface area contributed by atoms with E-state index in [2.05, 4.69) is 22.4 Å². The van der Waals surface area contributed by atoms with Crippen molar-refractivity contribution in [1.29, 1.82) is 0 Å². The molecular formula is C10H17N3O2. The van der Waals surface area contributed by atoms with Gasteiger partial charge in [0.25, 0.3) is 0 Å². The molecule has 2 rings (SSSR count). The van der Waals surface area contributed by atoms with Crippen LogP contribution in [0.2, 0.25) is 0 Å². The van der Waals surface area contributed by atoms with Crippen LogP contribution in [0.4, 0.5) is 0 Å². The first kappa shape index (κ1) is 10.6. The standard InChI is InChI=1S/C10H17N3O2/c1-7-6-8(2-4-11-7)10-12-9(3-5-14)13-15-10/h7-8,11,14H,2-6H2,1H3. The van der Waals surface area contributed by atoms with Crippen molar-refractivity contribution >= 4 is 0 Å². The van der Waals surface area contributed by atoms with E-state index in [-0.39, 0.29) is 6.61 Å². The van der Waals surface area contributed by atoms with E-state index in [1.54, 1.807) is 0 Å². The largest absolute Gasteiger partial charge is 0.396 e. The summed E-state index contributed by atoms with van der Waals surface area (Å²) in [6.07, 6.45) is 2.57. The lowest BCUT2D eigenvalue weighted by Gasteiger charge is -2.25. The third kappa shape index (κ3) is 2.54. The van der Waals surface area contributed by atoms with Crippen molar-refractivity contribution in [2.24, 2.45) is 0 Å². The summed E-state index contributed by atoms with van der Waals surface area (Å²) in [6.45, 7) is 3.24. The van der Waals surface area contributed by atoms with E-state index < -0.39 is 0 Å². The molecule has 1 fully saturated rings. The monoisotopic (exact) mass is 211 g/mol. The Kier molecular flexibility index (Phi) is 3.33. The minimum Gasteiger partial charge on any atom is -0.396 e. The fourth-order valence-corrected chi connectivity index (χ4v) is 1.99. The zero-order chi connectivity index (χ0) is 10.7. The van der Waals surface area contributed by atoms with Gasteiger partial charge >= 0.3 is 0 Å². The van der Waals surface area contributed by atoms with Crippen molar-refractivity contribution in [3.8, 4) is 0 Å². The highest BCUT2D eigenvalue weighted by molar-refractivity contribution is 4.97. The van der Waals surface area contributed by atoms with E-state index in [1.165, 1.54) is 0 Å². The van der Waals surface area contributed by atoms with Gasteiger partial charge in [0.2, 0.25) is 5.89 Å². The molecule has 0 bridgehead atoms. The van der Waals surface area contributed by atoms with Crippen LogP contribution in [0.25, 0.3) is 0 Å². The molecule has 1 saturated heterocycles. The Morgan fingerprint density at radius 3 is 3.20 bits per heavy atom. The van der Waals surface area contributed by atoms with Crippen LogP contribution < -0.4 is 5.32 Å². The Bertz CT molecular complexity index is 313. The third-order valence-corrected chi connectivity index (χ3v) is 2.79. The van der Waals surface area contributed by atoms with Gasteiger partial charge in [0.15, 0.2) is 5.82 Å². The lowest BCUT2D eigenvalue weighted by Crippen LogP contribution is -2.34. The predicted molar refractivity (Wildman–Crippen MR) is 54.5 cm³/mol. The van der Waals surface area contributed by atoms with Crippen LogP contribution >= 0.6 is 0 Å². The molecule has 15 heavy (non-hydrogen) atoms. The molecule has 0 spiro atoms. The summed E-state index contributed by atoms with van der Waals surface area (Å²) in [4.78, 5) is 4.29. The fraction of sp³-hybridized carbons (Fsp3) is 0.800. The maximum atomic E-state index is 8.75. The summed E-state index contributed by atoms with van der Waals surface area (Å²) in [5.74, 6) is 1.71. The van der Waals surface area contributed by atoms with E-state index in [9.17, 15) is 0 Å². The van der Waals surface area contributed by atoms with Crippen LogP contribution in [0.15, 0.2) is 4.52 Å². The van der Waals surface area contributed by atoms with E-state index in [0.29, 0.717) is 24.2 Å². The molecule has 1 aromatic rings. The molecule has 0 radical (unpaired) electrons. The second-order valence-electron chi connectivity index (χ2n) is 4.10. The zero-order valence-corrected chi connectivity index (χ0v) is 8.94. The van der Waals surface area contributed by atoms with Crippen LogP contribution in [0, 0.1) is 0 Å². The molecule has 0 aromatic carbocycles. The average Bonchev–Trinajstić information content (AvgIpc) is 2.67. The van der Waals surface area contributed by atoms with Crippen LogP contribution in [-0.4, -0.2) is 34.4 Å². The second-order valence-corrected chi connectivity index (χ2v) is 4.10. The average molecular weight is 211 g/mol. The number of aromatic nitrogens is 2. The van der Waals surface area contributed by atoms with Gasteiger partial charge in [0, 0.05) is 18.4 Å². The number of aliphatic hydroxyl groups is 1. The van der Waals surface area contributed by atoms with Crippen LogP contribution in [0.3, 0.4) is 0 Å². The highest BCUT2D eigenvalue weighted by atomic mass is 16.5. The number of hydrogen-bond donors (Lipinski definition) is 2. The maximum Gasteiger partial charge on any atom is 0.229 e. The molecule has 2 unspecified atom stereocenters. The van der Waals surface area contributed by atoms with Gasteiger partial charge < -0.3 is 14.9 Å². The second kappa shape index (κ2) is 4.72. The first-order valence-corrected chi connectivity index (χ1v) is 5.46. The van der Waals surface area contributed by atoms with Gasteiger partial charge in [-0.25, -0.2) is 0 Å². The summed E-state index contributed by atoms with van der Waals surface area (Å²) in [7, 11) is 0. The quantitative estimate of drug-likeness (QED) is 0.760. The van der Waals surface area contributed by atoms with Gasteiger partial charge in [-0.3, -0.25) is 0 Å². The minimum absolute atomic E-state index is 0.0710. The van der Waals surface area contributed by atoms with Crippen LogP contribution in [0.1, 0.15) is 37.4 Å². The van der Waals surface area contributed by atoms with E-state index >= 15 is 0 Å². The van der Waals surface area contributed by atoms with E-state index in [0.717, 1.165) is 25.3 Å². The topological polar surface area (TPSA) is 71.2 Å². The normalized spacial score (nSPS) is 26.8. The van der Waals surface area contributed by atoms with E-state index in [4.69, 9.17) is 9.63 Å². The molecule has 2 heterocycles. The van der Waals surface area contributed by atoms with Crippen molar-refractivity contribution in [2.45, 2.75) is 38.1 Å². The number of hydrogen-bond acceptors (Lipinski definition) is 5. The molecule has 0 saturated carbocycles. The first-order valence-electron chi connectivity index (χ1n) is 5.46. The van der Waals surface area contributed by atoms with Crippen molar-refractivity contribution in [3.63, 3.8) is 0 Å². The molecule has 5 nitrogen and oxygen atoms in total. The number of nitrogens with zero attached hydrogens (tertiary/aromatic N) is 2. The summed E-state index contributed by atoms with van der Waals surface area (Å²) < 4.78 is 5.20. The van der Waals surface area contributed by atoms with Crippen molar-refractivity contribution in [1.82, 2.24) is 15.5 Å². The fourth-order valence-electron chi connectivity index (χ4n) is 1.99. The Labute approximate surface area is 88.9 Å². The lowest BCUT2D eigenvalue weighted by atomic mass is 9.93. The number of rotatable bonds is 3. The molecule has 2 atom stereocenters. The molecule has 2 N–H and O–H groups in total. The van der Waals surface area contributed by atoms with Crippen molar-refractivity contribution in [3.05, 3.63) is 11.7 Å². The third-order valence-electron chi connectivity index (χ3n) is 2.79. The van der Waals surface area contributed by atoms with Gasteiger partial charge in [0.1, 0.15) is 0 Å². The maximum absolute atomic E-state index is 8.75. The number of piperidine rings is 1. The van der Waals surface area contributed by atoms with Crippen molar-refractivity contribution in [2.75, 3.05) is 13.2 Å². The van der Waals surface area contributed by atoms with Crippen molar-refractivity contribution < 1.29 is 9.63 Å². The highest BCUT2D eigenvalue weighted by Crippen LogP contribution is 2.26. The number of nitrogens with one attached hydrogen (secondary N) is 1. The smallest absolute Gasteiger partial charge is 0.229 e. The van der Waals surface area contributed by atoms with E-state index in [1.807, 2.05) is 0 Å². The SMILES string of the molecule is CC1CC(c2nc(CCO)no2)CCN1. The van der Waals surface area contributed by atoms with Crippen LogP contribution in [0.5, 0.6) is 0 Å². The summed E-state index contributed by atoms with van der Waals surface area (Å²) in [5.41, 5.74) is 0. The Hall–Kier alpha value is -0.940. The molecule has 1 aliphatic heterocycles. The Morgan fingerprint density at radius 1 is 1.60 bits per heavy atom. The first-order chi connectivity index (χ1) is 7.29. The van der Waals surface area contributed by atoms with Gasteiger partial charge in [-0.1, -0.05) is 5.16 Å². The summed E-state index contributed by atoms with van der Waals surface area (Å²) >= 11 is 0. The molecule has 0 amide bonds. The molecule has 5 heteroatoms. The Balaban J connectivity index is 2.01. The minimum atomic E-state index is 0.0710. The van der Waals surface area contributed by atoms with Gasteiger partial charge in [-0.2, -0.15) is 4.98 Å². The van der Waals surface area contributed by atoms with Gasteiger partial charge in [-0.15, -0.1) is 0 Å². The van der Waals surface area contributed by atoms with Gasteiger partial charge in [0.05, 0.1) is 6.61 Å². The van der Waals surface area contributed by atoms with Crippen LogP contribution in [-0.2, 0) is 6.42 Å². The molecular weight excluding hydrogens is 194 g/mol. The predicted octanol–water partition coefficient (Wildman–Crippen LogP) is 0.460. The summed E-state index contributed by atoms with van der Waals surface area (Å²) in [5, 5.41) is 16.0. The zero-order valence-electron chi connectivity index (χ0n) is 8.94. The number of aliphatic hydroxyl groups excluding tert-OH is 1. The molecule has 0 aliphatic carbocycles. The lowest BCUT2D eigenvalue weighted by molar-refractivity contribution is 0.285. The molecule has 1 aromatic heterocycles. The summed E-state index contributed by atoms with van der Waals surface area (Å²) in [6, 6.07) is 0.511.